The van der Waals surface area contributed by atoms with Gasteiger partial charge in [-0.25, -0.2) is 0 Å². The van der Waals surface area contributed by atoms with E-state index in [0.717, 1.165) is 0 Å². The number of hydrogen-bond acceptors (Lipinski definition) is 5. The first-order valence-corrected chi connectivity index (χ1v) is 4.75. The van der Waals surface area contributed by atoms with Crippen LogP contribution in [-0.2, 0) is 14.2 Å². The lowest BCUT2D eigenvalue weighted by Gasteiger charge is -2.18. The largest absolute Gasteiger partial charge is 0.394 e. The Morgan fingerprint density at radius 3 is 2.57 bits per heavy atom. The van der Waals surface area contributed by atoms with Crippen molar-refractivity contribution in [2.24, 2.45) is 0 Å². The molecule has 2 N–H and O–H groups in total. The fourth-order valence-electron chi connectivity index (χ4n) is 1.58. The van der Waals surface area contributed by atoms with E-state index in [1.165, 1.54) is 0 Å². The summed E-state index contributed by atoms with van der Waals surface area (Å²) in [6, 6.07) is 0. The maximum absolute atomic E-state index is 9.67. The van der Waals surface area contributed by atoms with Crippen molar-refractivity contribution in [1.29, 1.82) is 0 Å². The molecule has 5 nitrogen and oxygen atoms in total. The zero-order valence-electron chi connectivity index (χ0n) is 8.55. The van der Waals surface area contributed by atoms with E-state index >= 15 is 0 Å². The van der Waals surface area contributed by atoms with Gasteiger partial charge in [-0.1, -0.05) is 0 Å². The second kappa shape index (κ2) is 5.63. The zero-order valence-corrected chi connectivity index (χ0v) is 8.55. The smallest absolute Gasteiger partial charge is 0.112 e. The SMILES string of the molecule is COCCO[C@H]1C(O)[C@@H](CO)O[C@H]1C. The molecule has 0 radical (unpaired) electrons. The Hall–Kier alpha value is -0.200. The molecule has 4 atom stereocenters. The molecule has 1 unspecified atom stereocenters. The van der Waals surface area contributed by atoms with Crippen LogP contribution in [0.15, 0.2) is 0 Å². The number of aliphatic hydroxyl groups is 2. The molecule has 1 heterocycles. The molecule has 1 aliphatic heterocycles. The van der Waals surface area contributed by atoms with Crippen LogP contribution in [0.1, 0.15) is 6.92 Å². The van der Waals surface area contributed by atoms with E-state index in [9.17, 15) is 5.11 Å². The second-order valence-electron chi connectivity index (χ2n) is 3.38. The molecule has 0 aromatic heterocycles. The summed E-state index contributed by atoms with van der Waals surface area (Å²) in [6.07, 6.45) is -1.86. The van der Waals surface area contributed by atoms with E-state index < -0.39 is 12.2 Å². The van der Waals surface area contributed by atoms with E-state index in [2.05, 4.69) is 0 Å². The zero-order chi connectivity index (χ0) is 10.6. The van der Waals surface area contributed by atoms with Crippen LogP contribution in [0.3, 0.4) is 0 Å². The molecular formula is C9H18O5. The van der Waals surface area contributed by atoms with E-state index in [-0.39, 0.29) is 18.8 Å². The topological polar surface area (TPSA) is 68.2 Å². The molecule has 1 saturated heterocycles. The number of methoxy groups -OCH3 is 1. The van der Waals surface area contributed by atoms with Crippen LogP contribution in [0.5, 0.6) is 0 Å². The van der Waals surface area contributed by atoms with Crippen LogP contribution in [0.4, 0.5) is 0 Å². The highest BCUT2D eigenvalue weighted by atomic mass is 16.6. The molecule has 14 heavy (non-hydrogen) atoms. The highest BCUT2D eigenvalue weighted by Gasteiger charge is 2.41. The van der Waals surface area contributed by atoms with Crippen molar-refractivity contribution in [2.45, 2.75) is 31.3 Å². The third-order valence-electron chi connectivity index (χ3n) is 2.35. The van der Waals surface area contributed by atoms with Crippen LogP contribution < -0.4 is 0 Å². The molecule has 0 aromatic carbocycles. The van der Waals surface area contributed by atoms with Gasteiger partial charge in [0, 0.05) is 7.11 Å². The molecule has 5 heteroatoms. The first-order chi connectivity index (χ1) is 6.70. The van der Waals surface area contributed by atoms with Gasteiger partial charge in [0.05, 0.1) is 25.9 Å². The second-order valence-corrected chi connectivity index (χ2v) is 3.38. The van der Waals surface area contributed by atoms with Gasteiger partial charge in [0.1, 0.15) is 18.3 Å². The Morgan fingerprint density at radius 1 is 1.36 bits per heavy atom. The van der Waals surface area contributed by atoms with Crippen LogP contribution in [-0.4, -0.2) is 61.6 Å². The molecule has 0 aliphatic carbocycles. The molecule has 1 fully saturated rings. The fourth-order valence-corrected chi connectivity index (χ4v) is 1.58. The number of ether oxygens (including phenoxy) is 3. The lowest BCUT2D eigenvalue weighted by atomic mass is 10.1. The van der Waals surface area contributed by atoms with Crippen LogP contribution in [0.2, 0.25) is 0 Å². The molecule has 0 saturated carbocycles. The van der Waals surface area contributed by atoms with E-state index in [4.69, 9.17) is 19.3 Å². The summed E-state index contributed by atoms with van der Waals surface area (Å²) in [5, 5.41) is 18.5. The fraction of sp³-hybridized carbons (Fsp3) is 1.00. The number of aliphatic hydroxyl groups excluding tert-OH is 2. The number of rotatable bonds is 5. The summed E-state index contributed by atoms with van der Waals surface area (Å²) in [4.78, 5) is 0. The highest BCUT2D eigenvalue weighted by Crippen LogP contribution is 2.23. The lowest BCUT2D eigenvalue weighted by Crippen LogP contribution is -2.36. The average Bonchev–Trinajstić information content (AvgIpc) is 2.45. The Balaban J connectivity index is 2.36. The van der Waals surface area contributed by atoms with Gasteiger partial charge in [-0.15, -0.1) is 0 Å². The molecular weight excluding hydrogens is 188 g/mol. The van der Waals surface area contributed by atoms with Gasteiger partial charge in [0.2, 0.25) is 0 Å². The number of hydrogen-bond donors (Lipinski definition) is 2. The Bertz CT molecular complexity index is 163. The first-order valence-electron chi connectivity index (χ1n) is 4.75. The van der Waals surface area contributed by atoms with Crippen molar-refractivity contribution in [2.75, 3.05) is 26.9 Å². The van der Waals surface area contributed by atoms with Gasteiger partial charge in [-0.3, -0.25) is 0 Å². The van der Waals surface area contributed by atoms with Crippen molar-refractivity contribution >= 4 is 0 Å². The molecule has 0 amide bonds. The molecule has 0 bridgehead atoms. The van der Waals surface area contributed by atoms with Crippen molar-refractivity contribution < 1.29 is 24.4 Å². The van der Waals surface area contributed by atoms with Gasteiger partial charge >= 0.3 is 0 Å². The van der Waals surface area contributed by atoms with Gasteiger partial charge in [0.25, 0.3) is 0 Å². The summed E-state index contributed by atoms with van der Waals surface area (Å²) in [5.41, 5.74) is 0. The van der Waals surface area contributed by atoms with Gasteiger partial charge in [-0.2, -0.15) is 0 Å². The summed E-state index contributed by atoms with van der Waals surface area (Å²) in [5.74, 6) is 0. The van der Waals surface area contributed by atoms with Gasteiger partial charge in [-0.05, 0) is 6.92 Å². The minimum absolute atomic E-state index is 0.185. The Morgan fingerprint density at radius 2 is 2.07 bits per heavy atom. The quantitative estimate of drug-likeness (QED) is 0.574. The van der Waals surface area contributed by atoms with Gasteiger partial charge in [0.15, 0.2) is 0 Å². The minimum atomic E-state index is -0.758. The van der Waals surface area contributed by atoms with Crippen molar-refractivity contribution in [3.63, 3.8) is 0 Å². The molecule has 1 rings (SSSR count). The third kappa shape index (κ3) is 2.65. The maximum atomic E-state index is 9.67. The van der Waals surface area contributed by atoms with E-state index in [1.54, 1.807) is 7.11 Å². The predicted molar refractivity (Wildman–Crippen MR) is 49.0 cm³/mol. The Labute approximate surface area is 83.6 Å². The summed E-state index contributed by atoms with van der Waals surface area (Å²) in [7, 11) is 1.59. The highest BCUT2D eigenvalue weighted by molar-refractivity contribution is 4.89. The summed E-state index contributed by atoms with van der Waals surface area (Å²) >= 11 is 0. The van der Waals surface area contributed by atoms with Crippen LogP contribution >= 0.6 is 0 Å². The van der Waals surface area contributed by atoms with Crippen molar-refractivity contribution in [3.05, 3.63) is 0 Å². The maximum Gasteiger partial charge on any atom is 0.112 e. The van der Waals surface area contributed by atoms with E-state index in [1.807, 2.05) is 6.92 Å². The van der Waals surface area contributed by atoms with Crippen LogP contribution in [0, 0.1) is 0 Å². The lowest BCUT2D eigenvalue weighted by molar-refractivity contribution is -0.0480. The standard InChI is InChI=1S/C9H18O5/c1-6-9(13-4-3-12-2)8(11)7(5-10)14-6/h6-11H,3-5H2,1-2H3/t6-,7+,8?,9+/m0/s1. The third-order valence-corrected chi connectivity index (χ3v) is 2.35. The van der Waals surface area contributed by atoms with Gasteiger partial charge < -0.3 is 24.4 Å². The van der Waals surface area contributed by atoms with Crippen molar-refractivity contribution in [1.82, 2.24) is 0 Å². The first kappa shape index (κ1) is 11.9. The van der Waals surface area contributed by atoms with Crippen molar-refractivity contribution in [3.8, 4) is 0 Å². The normalized spacial score (nSPS) is 37.7. The predicted octanol–water partition coefficient (Wildman–Crippen LogP) is -0.842. The monoisotopic (exact) mass is 206 g/mol. The molecule has 84 valence electrons. The summed E-state index contributed by atoms with van der Waals surface area (Å²) < 4.78 is 15.5. The minimum Gasteiger partial charge on any atom is -0.394 e. The molecule has 0 spiro atoms. The molecule has 1 aliphatic rings. The van der Waals surface area contributed by atoms with E-state index in [0.29, 0.717) is 13.2 Å². The summed E-state index contributed by atoms with van der Waals surface area (Å²) in [6.45, 7) is 2.54. The van der Waals surface area contributed by atoms with Crippen LogP contribution in [0.25, 0.3) is 0 Å². The molecule has 0 aromatic rings. The Kier molecular flexibility index (Phi) is 4.77. The average molecular weight is 206 g/mol.